The fourth-order valence-electron chi connectivity index (χ4n) is 2.74. The van der Waals surface area contributed by atoms with Crippen molar-refractivity contribution >= 4 is 6.09 Å². The molecule has 3 unspecified atom stereocenters. The van der Waals surface area contributed by atoms with Crippen LogP contribution in [0.4, 0.5) is 4.79 Å². The first-order chi connectivity index (χ1) is 9.24. The Morgan fingerprint density at radius 2 is 1.90 bits per heavy atom. The van der Waals surface area contributed by atoms with Gasteiger partial charge in [0.2, 0.25) is 0 Å². The highest BCUT2D eigenvalue weighted by atomic mass is 16.6. The second-order valence-electron chi connectivity index (χ2n) is 6.71. The van der Waals surface area contributed by atoms with Crippen LogP contribution in [0.1, 0.15) is 39.2 Å². The summed E-state index contributed by atoms with van der Waals surface area (Å²) in [5, 5.41) is 0. The van der Waals surface area contributed by atoms with Gasteiger partial charge in [0.25, 0.3) is 0 Å². The Kier molecular flexibility index (Phi) is 3.78. The molecule has 2 rings (SSSR count). The number of carbonyl (C=O) groups is 1. The van der Waals surface area contributed by atoms with Gasteiger partial charge in [-0.2, -0.15) is 0 Å². The fraction of sp³-hybridized carbons (Fsp3) is 0.562. The lowest BCUT2D eigenvalue weighted by molar-refractivity contribution is 0.00995. The lowest BCUT2D eigenvalue weighted by atomic mass is 9.70. The average Bonchev–Trinajstić information content (AvgIpc) is 3.07. The summed E-state index contributed by atoms with van der Waals surface area (Å²) in [7, 11) is 0. The number of primary amides is 1. The van der Waals surface area contributed by atoms with Gasteiger partial charge in [0.05, 0.1) is 6.61 Å². The Morgan fingerprint density at radius 1 is 1.35 bits per heavy atom. The summed E-state index contributed by atoms with van der Waals surface area (Å²) in [6.45, 7) is 8.95. The van der Waals surface area contributed by atoms with Crippen LogP contribution in [0.15, 0.2) is 30.3 Å². The van der Waals surface area contributed by atoms with Gasteiger partial charge in [-0.05, 0) is 17.9 Å². The van der Waals surface area contributed by atoms with E-state index >= 15 is 0 Å². The molecule has 0 aromatic heterocycles. The molecule has 1 saturated heterocycles. The van der Waals surface area contributed by atoms with Crippen LogP contribution in [0.2, 0.25) is 0 Å². The van der Waals surface area contributed by atoms with Crippen molar-refractivity contribution in [2.75, 3.05) is 6.61 Å². The third-order valence-electron chi connectivity index (χ3n) is 3.84. The number of nitrogens with two attached hydrogens (primary N) is 1. The normalized spacial score (nSPS) is 24.8. The minimum Gasteiger partial charge on any atom is -0.443 e. The molecule has 1 aromatic rings. The van der Waals surface area contributed by atoms with Crippen LogP contribution in [0, 0.1) is 5.41 Å². The highest BCUT2D eigenvalue weighted by Gasteiger charge is 2.55. The number of hydrogen-bond donors (Lipinski definition) is 1. The van der Waals surface area contributed by atoms with Crippen LogP contribution in [-0.4, -0.2) is 24.4 Å². The summed E-state index contributed by atoms with van der Waals surface area (Å²) < 4.78 is 11.0. The van der Waals surface area contributed by atoms with Gasteiger partial charge < -0.3 is 15.2 Å². The summed E-state index contributed by atoms with van der Waals surface area (Å²) in [5.74, 6) is 0.0173. The molecule has 0 radical (unpaired) electrons. The molecule has 1 aliphatic rings. The van der Waals surface area contributed by atoms with Crippen LogP contribution < -0.4 is 5.73 Å². The van der Waals surface area contributed by atoms with E-state index in [2.05, 4.69) is 32.9 Å². The maximum atomic E-state index is 11.3. The van der Waals surface area contributed by atoms with Gasteiger partial charge >= 0.3 is 6.09 Å². The molecule has 0 saturated carbocycles. The minimum atomic E-state index is -0.753. The summed E-state index contributed by atoms with van der Waals surface area (Å²) in [6.07, 6.45) is -1.14. The fourth-order valence-corrected chi connectivity index (χ4v) is 2.74. The van der Waals surface area contributed by atoms with E-state index in [0.29, 0.717) is 6.61 Å². The first-order valence-corrected chi connectivity index (χ1v) is 6.89. The third kappa shape index (κ3) is 3.12. The Morgan fingerprint density at radius 3 is 2.30 bits per heavy atom. The maximum Gasteiger partial charge on any atom is 0.404 e. The molecule has 20 heavy (non-hydrogen) atoms. The van der Waals surface area contributed by atoms with Gasteiger partial charge in [-0.1, -0.05) is 51.1 Å². The van der Waals surface area contributed by atoms with Gasteiger partial charge in [0, 0.05) is 5.92 Å². The minimum absolute atomic E-state index is 0.0173. The smallest absolute Gasteiger partial charge is 0.404 e. The molecule has 1 aliphatic heterocycles. The summed E-state index contributed by atoms with van der Waals surface area (Å²) in [4.78, 5) is 11.3. The van der Waals surface area contributed by atoms with E-state index in [9.17, 15) is 4.79 Å². The molecular weight excluding hydrogens is 254 g/mol. The first-order valence-electron chi connectivity index (χ1n) is 6.89. The Hall–Kier alpha value is -1.55. The van der Waals surface area contributed by atoms with Crippen molar-refractivity contribution < 1.29 is 14.3 Å². The topological polar surface area (TPSA) is 64.8 Å². The van der Waals surface area contributed by atoms with Crippen molar-refractivity contribution in [3.8, 4) is 0 Å². The molecule has 4 nitrogen and oxygen atoms in total. The molecule has 4 heteroatoms. The zero-order chi connectivity index (χ0) is 15.0. The zero-order valence-electron chi connectivity index (χ0n) is 12.6. The molecule has 0 aliphatic carbocycles. The Balaban J connectivity index is 2.41. The predicted molar refractivity (Wildman–Crippen MR) is 77.5 cm³/mol. The number of ether oxygens (including phenoxy) is 2. The second kappa shape index (κ2) is 5.09. The van der Waals surface area contributed by atoms with Gasteiger partial charge in [0.15, 0.2) is 0 Å². The largest absolute Gasteiger partial charge is 0.443 e. The lowest BCUT2D eigenvalue weighted by Gasteiger charge is -2.38. The SMILES string of the molecule is CC(C)(C)C(c1ccccc1)C(OC(N)=O)C1(C)CO1. The highest BCUT2D eigenvalue weighted by Crippen LogP contribution is 2.47. The van der Waals surface area contributed by atoms with E-state index in [1.54, 1.807) is 0 Å². The van der Waals surface area contributed by atoms with Gasteiger partial charge in [-0.3, -0.25) is 0 Å². The number of amides is 1. The Labute approximate surface area is 120 Å². The van der Waals surface area contributed by atoms with Crippen LogP contribution in [0.3, 0.4) is 0 Å². The van der Waals surface area contributed by atoms with Crippen molar-refractivity contribution in [3.05, 3.63) is 35.9 Å². The summed E-state index contributed by atoms with van der Waals surface area (Å²) in [5.41, 5.74) is 5.86. The van der Waals surface area contributed by atoms with Crippen molar-refractivity contribution in [2.24, 2.45) is 11.1 Å². The van der Waals surface area contributed by atoms with Gasteiger partial charge in [-0.15, -0.1) is 0 Å². The lowest BCUT2D eigenvalue weighted by Crippen LogP contribution is -2.43. The molecule has 1 heterocycles. The number of epoxide rings is 1. The van der Waals surface area contributed by atoms with Crippen molar-refractivity contribution in [1.82, 2.24) is 0 Å². The van der Waals surface area contributed by atoms with E-state index in [4.69, 9.17) is 15.2 Å². The standard InChI is InChI=1S/C16H23NO3/c1-15(2,3)12(11-8-6-5-7-9-11)13(20-14(17)18)16(4)10-19-16/h5-9,12-13H,10H2,1-4H3,(H2,17,18). The van der Waals surface area contributed by atoms with Crippen molar-refractivity contribution in [2.45, 2.75) is 45.3 Å². The summed E-state index contributed by atoms with van der Waals surface area (Å²) >= 11 is 0. The molecule has 0 spiro atoms. The molecule has 1 fully saturated rings. The van der Waals surface area contributed by atoms with Crippen LogP contribution in [0.25, 0.3) is 0 Å². The van der Waals surface area contributed by atoms with Crippen LogP contribution >= 0.6 is 0 Å². The molecular formula is C16H23NO3. The molecule has 2 N–H and O–H groups in total. The van der Waals surface area contributed by atoms with Crippen LogP contribution in [-0.2, 0) is 9.47 Å². The van der Waals surface area contributed by atoms with Crippen molar-refractivity contribution in [1.29, 1.82) is 0 Å². The molecule has 3 atom stereocenters. The average molecular weight is 277 g/mol. The van der Waals surface area contributed by atoms with Gasteiger partial charge in [-0.25, -0.2) is 4.79 Å². The number of rotatable bonds is 4. The zero-order valence-corrected chi connectivity index (χ0v) is 12.6. The quantitative estimate of drug-likeness (QED) is 0.860. The summed E-state index contributed by atoms with van der Waals surface area (Å²) in [6, 6.07) is 10.1. The number of carbonyl (C=O) groups excluding carboxylic acids is 1. The second-order valence-corrected chi connectivity index (χ2v) is 6.71. The molecule has 1 aromatic carbocycles. The molecule has 1 amide bonds. The monoisotopic (exact) mass is 277 g/mol. The Bertz CT molecular complexity index is 474. The van der Waals surface area contributed by atoms with E-state index < -0.39 is 11.7 Å². The predicted octanol–water partition coefficient (Wildman–Crippen LogP) is 3.07. The van der Waals surface area contributed by atoms with E-state index in [1.165, 1.54) is 0 Å². The molecule has 0 bridgehead atoms. The van der Waals surface area contributed by atoms with E-state index in [-0.39, 0.29) is 17.4 Å². The van der Waals surface area contributed by atoms with E-state index in [1.807, 2.05) is 25.1 Å². The number of benzene rings is 1. The van der Waals surface area contributed by atoms with E-state index in [0.717, 1.165) is 5.56 Å². The third-order valence-corrected chi connectivity index (χ3v) is 3.84. The molecule has 110 valence electrons. The highest BCUT2D eigenvalue weighted by molar-refractivity contribution is 5.65. The first kappa shape index (κ1) is 14.9. The van der Waals surface area contributed by atoms with Crippen LogP contribution in [0.5, 0.6) is 0 Å². The maximum absolute atomic E-state index is 11.3. The van der Waals surface area contributed by atoms with Crippen molar-refractivity contribution in [3.63, 3.8) is 0 Å². The van der Waals surface area contributed by atoms with Gasteiger partial charge in [0.1, 0.15) is 11.7 Å². The number of hydrogen-bond acceptors (Lipinski definition) is 3.